The van der Waals surface area contributed by atoms with Gasteiger partial charge in [-0.1, -0.05) is 60.7 Å². The quantitative estimate of drug-likeness (QED) is 0.406. The summed E-state index contributed by atoms with van der Waals surface area (Å²) in [6.45, 7) is 0. The van der Waals surface area contributed by atoms with Gasteiger partial charge in [-0.3, -0.25) is 0 Å². The fourth-order valence-corrected chi connectivity index (χ4v) is 3.62. The molecule has 1 heteroatoms. The smallest absolute Gasteiger partial charge is 0.0788 e. The van der Waals surface area contributed by atoms with Crippen LogP contribution >= 0.6 is 0 Å². The zero-order valence-corrected chi connectivity index (χ0v) is 12.2. The highest BCUT2D eigenvalue weighted by molar-refractivity contribution is 6.06. The molecule has 0 atom stereocenters. The molecule has 0 bridgehead atoms. The molecule has 0 spiro atoms. The lowest BCUT2D eigenvalue weighted by atomic mass is 9.88. The molecule has 0 saturated heterocycles. The highest BCUT2D eigenvalue weighted by Gasteiger charge is 2.18. The fourth-order valence-electron chi connectivity index (χ4n) is 3.62. The Bertz CT molecular complexity index is 1030. The van der Waals surface area contributed by atoms with Gasteiger partial charge in [0.15, 0.2) is 0 Å². The lowest BCUT2D eigenvalue weighted by Crippen LogP contribution is -2.05. The van der Waals surface area contributed by atoms with Gasteiger partial charge in [-0.2, -0.15) is 0 Å². The molecule has 0 aliphatic heterocycles. The van der Waals surface area contributed by atoms with Crippen LogP contribution in [0.5, 0.6) is 0 Å². The van der Waals surface area contributed by atoms with Crippen LogP contribution in [0.1, 0.15) is 11.1 Å². The van der Waals surface area contributed by atoms with E-state index in [1.165, 1.54) is 38.5 Å². The van der Waals surface area contributed by atoms with E-state index in [0.29, 0.717) is 0 Å². The Morgan fingerprint density at radius 2 is 1.45 bits per heavy atom. The number of hydrogen-bond donors (Lipinski definition) is 0. The van der Waals surface area contributed by atoms with Crippen molar-refractivity contribution in [1.82, 2.24) is 4.98 Å². The van der Waals surface area contributed by atoms with Gasteiger partial charge in [0.05, 0.1) is 11.2 Å². The van der Waals surface area contributed by atoms with Crippen molar-refractivity contribution < 1.29 is 0 Å². The average molecular weight is 281 g/mol. The third-order valence-corrected chi connectivity index (χ3v) is 4.73. The highest BCUT2D eigenvalue weighted by atomic mass is 14.7. The standard InChI is InChI=1S/C21H15N/c1-3-7-18-14(5-1)9-11-16-13-17-12-10-15-6-2-4-8-19(15)21(17)22-20(16)18/h1-9,11,13H,10,12H2. The molecule has 0 fully saturated rings. The van der Waals surface area contributed by atoms with E-state index in [1.54, 1.807) is 0 Å². The molecule has 1 aromatic heterocycles. The van der Waals surface area contributed by atoms with Gasteiger partial charge in [0.25, 0.3) is 0 Å². The Morgan fingerprint density at radius 1 is 0.682 bits per heavy atom. The molecule has 0 radical (unpaired) electrons. The van der Waals surface area contributed by atoms with Gasteiger partial charge in [0.2, 0.25) is 0 Å². The van der Waals surface area contributed by atoms with Crippen molar-refractivity contribution in [2.45, 2.75) is 12.8 Å². The van der Waals surface area contributed by atoms with Gasteiger partial charge < -0.3 is 0 Å². The Morgan fingerprint density at radius 3 is 2.45 bits per heavy atom. The van der Waals surface area contributed by atoms with E-state index >= 15 is 0 Å². The van der Waals surface area contributed by atoms with Gasteiger partial charge >= 0.3 is 0 Å². The van der Waals surface area contributed by atoms with Crippen molar-refractivity contribution in [3.05, 3.63) is 77.9 Å². The fraction of sp³-hybridized carbons (Fsp3) is 0.0952. The van der Waals surface area contributed by atoms with Crippen LogP contribution in [0.2, 0.25) is 0 Å². The topological polar surface area (TPSA) is 12.9 Å². The van der Waals surface area contributed by atoms with Crippen LogP contribution < -0.4 is 0 Å². The first-order valence-electron chi connectivity index (χ1n) is 7.80. The predicted molar refractivity (Wildman–Crippen MR) is 92.1 cm³/mol. The van der Waals surface area contributed by atoms with E-state index in [0.717, 1.165) is 18.4 Å². The number of aromatic nitrogens is 1. The first-order chi connectivity index (χ1) is 10.9. The molecular formula is C21H15N. The number of nitrogens with zero attached hydrogens (tertiary/aromatic N) is 1. The van der Waals surface area contributed by atoms with E-state index in [-0.39, 0.29) is 0 Å². The summed E-state index contributed by atoms with van der Waals surface area (Å²) >= 11 is 0. The van der Waals surface area contributed by atoms with E-state index < -0.39 is 0 Å². The summed E-state index contributed by atoms with van der Waals surface area (Å²) < 4.78 is 0. The molecule has 0 saturated carbocycles. The van der Waals surface area contributed by atoms with Crippen LogP contribution in [0.15, 0.2) is 66.7 Å². The highest BCUT2D eigenvalue weighted by Crippen LogP contribution is 2.35. The predicted octanol–water partition coefficient (Wildman–Crippen LogP) is 5.15. The molecule has 0 amide bonds. The van der Waals surface area contributed by atoms with Gasteiger partial charge in [0.1, 0.15) is 0 Å². The SMILES string of the molecule is c1ccc2c(c1)CCc1cc3ccc4ccccc4c3nc1-2. The number of aryl methyl sites for hydroxylation is 2. The maximum atomic E-state index is 5.09. The van der Waals surface area contributed by atoms with Crippen LogP contribution in [-0.4, -0.2) is 4.98 Å². The Balaban J connectivity index is 1.91. The molecule has 22 heavy (non-hydrogen) atoms. The Labute approximate surface area is 129 Å². The minimum Gasteiger partial charge on any atom is -0.247 e. The summed E-state index contributed by atoms with van der Waals surface area (Å²) in [6, 6.07) is 23.9. The Kier molecular flexibility index (Phi) is 2.39. The van der Waals surface area contributed by atoms with Crippen LogP contribution in [0.25, 0.3) is 32.9 Å². The summed E-state index contributed by atoms with van der Waals surface area (Å²) in [5.41, 5.74) is 6.39. The third kappa shape index (κ3) is 1.62. The van der Waals surface area contributed by atoms with Crippen molar-refractivity contribution in [2.75, 3.05) is 0 Å². The van der Waals surface area contributed by atoms with Crippen molar-refractivity contribution in [1.29, 1.82) is 0 Å². The van der Waals surface area contributed by atoms with Crippen LogP contribution in [-0.2, 0) is 12.8 Å². The molecule has 1 nitrogen and oxygen atoms in total. The molecule has 3 aromatic carbocycles. The van der Waals surface area contributed by atoms with Crippen molar-refractivity contribution >= 4 is 21.7 Å². The lowest BCUT2D eigenvalue weighted by Gasteiger charge is -2.19. The number of benzene rings is 3. The second-order valence-corrected chi connectivity index (χ2v) is 6.01. The largest absolute Gasteiger partial charge is 0.247 e. The number of fused-ring (bicyclic) bond motifs is 6. The van der Waals surface area contributed by atoms with E-state index in [1.807, 2.05) is 0 Å². The zero-order valence-electron chi connectivity index (χ0n) is 12.2. The van der Waals surface area contributed by atoms with Gasteiger partial charge in [-0.15, -0.1) is 0 Å². The normalized spacial score (nSPS) is 13.1. The van der Waals surface area contributed by atoms with Gasteiger partial charge in [-0.25, -0.2) is 4.98 Å². The van der Waals surface area contributed by atoms with E-state index in [2.05, 4.69) is 66.7 Å². The van der Waals surface area contributed by atoms with Crippen LogP contribution in [0.4, 0.5) is 0 Å². The van der Waals surface area contributed by atoms with Gasteiger partial charge in [-0.05, 0) is 35.4 Å². The van der Waals surface area contributed by atoms with Gasteiger partial charge in [0, 0.05) is 16.3 Å². The molecule has 1 aliphatic rings. The Hall–Kier alpha value is -2.67. The summed E-state index contributed by atoms with van der Waals surface area (Å²) in [7, 11) is 0. The molecule has 104 valence electrons. The second kappa shape index (κ2) is 4.41. The molecule has 5 rings (SSSR count). The zero-order chi connectivity index (χ0) is 14.5. The van der Waals surface area contributed by atoms with Crippen LogP contribution in [0, 0.1) is 0 Å². The van der Waals surface area contributed by atoms with Crippen molar-refractivity contribution in [3.8, 4) is 11.3 Å². The van der Waals surface area contributed by atoms with E-state index in [4.69, 9.17) is 4.98 Å². The first kappa shape index (κ1) is 11.9. The summed E-state index contributed by atoms with van der Waals surface area (Å²) in [6.07, 6.45) is 2.20. The second-order valence-electron chi connectivity index (χ2n) is 6.01. The summed E-state index contributed by atoms with van der Waals surface area (Å²) in [4.78, 5) is 5.09. The third-order valence-electron chi connectivity index (χ3n) is 4.73. The maximum absolute atomic E-state index is 5.09. The molecule has 1 heterocycles. The summed E-state index contributed by atoms with van der Waals surface area (Å²) in [5.74, 6) is 0. The van der Waals surface area contributed by atoms with E-state index in [9.17, 15) is 0 Å². The molecule has 1 aliphatic carbocycles. The van der Waals surface area contributed by atoms with Crippen molar-refractivity contribution in [2.24, 2.45) is 0 Å². The molecule has 4 aromatic rings. The molecular weight excluding hydrogens is 266 g/mol. The minimum absolute atomic E-state index is 1.09. The van der Waals surface area contributed by atoms with Crippen molar-refractivity contribution in [3.63, 3.8) is 0 Å². The average Bonchev–Trinajstić information content (AvgIpc) is 2.60. The molecule has 0 N–H and O–H groups in total. The first-order valence-corrected chi connectivity index (χ1v) is 7.80. The number of pyridine rings is 1. The monoisotopic (exact) mass is 281 g/mol. The molecule has 0 unspecified atom stereocenters. The number of hydrogen-bond acceptors (Lipinski definition) is 1. The minimum atomic E-state index is 1.09. The maximum Gasteiger partial charge on any atom is 0.0788 e. The summed E-state index contributed by atoms with van der Waals surface area (Å²) in [5, 5.41) is 3.74. The lowest BCUT2D eigenvalue weighted by molar-refractivity contribution is 0.933. The van der Waals surface area contributed by atoms with Crippen LogP contribution in [0.3, 0.4) is 0 Å². The number of rotatable bonds is 0.